The summed E-state index contributed by atoms with van der Waals surface area (Å²) in [4.78, 5) is 4.79. The van der Waals surface area contributed by atoms with E-state index in [1.54, 1.807) is 0 Å². The van der Waals surface area contributed by atoms with Crippen LogP contribution in [0.4, 0.5) is 5.69 Å². The van der Waals surface area contributed by atoms with Crippen LogP contribution in [0, 0.1) is 5.92 Å². The Morgan fingerprint density at radius 2 is 2.00 bits per heavy atom. The second-order valence-electron chi connectivity index (χ2n) is 6.19. The van der Waals surface area contributed by atoms with E-state index in [2.05, 4.69) is 58.0 Å². The third-order valence-corrected chi connectivity index (χ3v) is 4.76. The Labute approximate surface area is 131 Å². The first-order valence-corrected chi connectivity index (χ1v) is 8.21. The molecule has 2 rings (SSSR count). The van der Waals surface area contributed by atoms with Gasteiger partial charge < -0.3 is 15.5 Å². The molecule has 2 N–H and O–H groups in total. The summed E-state index contributed by atoms with van der Waals surface area (Å²) in [6.07, 6.45) is 2.57. The highest BCUT2D eigenvalue weighted by Crippen LogP contribution is 2.30. The van der Waals surface area contributed by atoms with Gasteiger partial charge in [0.05, 0.1) is 0 Å². The third-order valence-electron chi connectivity index (χ3n) is 4.08. The lowest BCUT2D eigenvalue weighted by atomic mass is 9.96. The Kier molecular flexibility index (Phi) is 5.47. The highest BCUT2D eigenvalue weighted by Gasteiger charge is 2.20. The first kappa shape index (κ1) is 15.8. The number of nitrogens with two attached hydrogens (primary N) is 1. The van der Waals surface area contributed by atoms with Crippen LogP contribution in [0.2, 0.25) is 0 Å². The average Bonchev–Trinajstić information content (AvgIpc) is 2.38. The number of anilines is 1. The quantitative estimate of drug-likeness (QED) is 0.913. The summed E-state index contributed by atoms with van der Waals surface area (Å²) < 4.78 is 1.13. The summed E-state index contributed by atoms with van der Waals surface area (Å²) in [5.41, 5.74) is 8.45. The van der Waals surface area contributed by atoms with Crippen molar-refractivity contribution in [3.05, 3.63) is 28.2 Å². The fraction of sp³-hybridized carbons (Fsp3) is 0.625. The molecule has 112 valence electrons. The van der Waals surface area contributed by atoms with Crippen molar-refractivity contribution in [2.45, 2.75) is 25.8 Å². The molecule has 1 aromatic rings. The SMILES string of the molecule is CC(N)c1ccc(N2CCC(CN(C)C)CC2)cc1Br. The van der Waals surface area contributed by atoms with Crippen molar-refractivity contribution in [1.82, 2.24) is 4.90 Å². The smallest absolute Gasteiger partial charge is 0.0377 e. The van der Waals surface area contributed by atoms with Crippen molar-refractivity contribution in [2.24, 2.45) is 11.7 Å². The van der Waals surface area contributed by atoms with E-state index < -0.39 is 0 Å². The van der Waals surface area contributed by atoms with Gasteiger partial charge in [0.1, 0.15) is 0 Å². The van der Waals surface area contributed by atoms with Crippen molar-refractivity contribution >= 4 is 21.6 Å². The summed E-state index contributed by atoms with van der Waals surface area (Å²) in [5, 5.41) is 0. The minimum absolute atomic E-state index is 0.0734. The third kappa shape index (κ3) is 3.96. The van der Waals surface area contributed by atoms with Gasteiger partial charge in [0.2, 0.25) is 0 Å². The lowest BCUT2D eigenvalue weighted by Gasteiger charge is -2.35. The van der Waals surface area contributed by atoms with Crippen molar-refractivity contribution < 1.29 is 0 Å². The Balaban J connectivity index is 1.98. The number of benzene rings is 1. The predicted molar refractivity (Wildman–Crippen MR) is 90.2 cm³/mol. The van der Waals surface area contributed by atoms with Crippen LogP contribution in [-0.4, -0.2) is 38.6 Å². The molecule has 0 bridgehead atoms. The van der Waals surface area contributed by atoms with Crippen LogP contribution in [-0.2, 0) is 0 Å². The predicted octanol–water partition coefficient (Wildman–Crippen LogP) is 3.25. The van der Waals surface area contributed by atoms with E-state index in [-0.39, 0.29) is 6.04 Å². The van der Waals surface area contributed by atoms with Gasteiger partial charge in [-0.05, 0) is 57.5 Å². The molecule has 1 unspecified atom stereocenters. The van der Waals surface area contributed by atoms with E-state index in [0.29, 0.717) is 0 Å². The lowest BCUT2D eigenvalue weighted by molar-refractivity contribution is 0.285. The van der Waals surface area contributed by atoms with Crippen molar-refractivity contribution in [3.63, 3.8) is 0 Å². The fourth-order valence-corrected chi connectivity index (χ4v) is 3.70. The maximum Gasteiger partial charge on any atom is 0.0377 e. The molecule has 1 aliphatic rings. The molecule has 0 aliphatic carbocycles. The number of rotatable bonds is 4. The molecule has 20 heavy (non-hydrogen) atoms. The Bertz CT molecular complexity index is 437. The van der Waals surface area contributed by atoms with Gasteiger partial charge >= 0.3 is 0 Å². The topological polar surface area (TPSA) is 32.5 Å². The highest BCUT2D eigenvalue weighted by molar-refractivity contribution is 9.10. The number of nitrogens with zero attached hydrogens (tertiary/aromatic N) is 2. The summed E-state index contributed by atoms with van der Waals surface area (Å²) in [6, 6.07) is 6.64. The van der Waals surface area contributed by atoms with E-state index in [4.69, 9.17) is 5.73 Å². The van der Waals surface area contributed by atoms with Gasteiger partial charge in [-0.3, -0.25) is 0 Å². The van der Waals surface area contributed by atoms with E-state index in [0.717, 1.165) is 23.5 Å². The molecule has 1 saturated heterocycles. The maximum atomic E-state index is 5.96. The monoisotopic (exact) mass is 339 g/mol. The van der Waals surface area contributed by atoms with Gasteiger partial charge in [-0.2, -0.15) is 0 Å². The molecule has 3 nitrogen and oxygen atoms in total. The van der Waals surface area contributed by atoms with Gasteiger partial charge in [-0.15, -0.1) is 0 Å². The number of piperidine rings is 1. The van der Waals surface area contributed by atoms with Crippen LogP contribution in [0.15, 0.2) is 22.7 Å². The zero-order chi connectivity index (χ0) is 14.7. The second kappa shape index (κ2) is 6.92. The van der Waals surface area contributed by atoms with E-state index in [1.807, 2.05) is 6.92 Å². The lowest BCUT2D eigenvalue weighted by Crippen LogP contribution is -2.37. The minimum Gasteiger partial charge on any atom is -0.371 e. The number of hydrogen-bond donors (Lipinski definition) is 1. The second-order valence-corrected chi connectivity index (χ2v) is 7.04. The zero-order valence-corrected chi connectivity index (χ0v) is 14.4. The van der Waals surface area contributed by atoms with Crippen LogP contribution in [0.3, 0.4) is 0 Å². The van der Waals surface area contributed by atoms with Crippen molar-refractivity contribution in [1.29, 1.82) is 0 Å². The van der Waals surface area contributed by atoms with Crippen LogP contribution in [0.25, 0.3) is 0 Å². The van der Waals surface area contributed by atoms with E-state index in [9.17, 15) is 0 Å². The van der Waals surface area contributed by atoms with E-state index >= 15 is 0 Å². The molecule has 0 aromatic heterocycles. The van der Waals surface area contributed by atoms with Crippen LogP contribution < -0.4 is 10.6 Å². The van der Waals surface area contributed by atoms with Gasteiger partial charge in [-0.25, -0.2) is 0 Å². The first-order valence-electron chi connectivity index (χ1n) is 7.42. The molecule has 0 saturated carbocycles. The highest BCUT2D eigenvalue weighted by atomic mass is 79.9. The van der Waals surface area contributed by atoms with Gasteiger partial charge in [0.25, 0.3) is 0 Å². The summed E-state index contributed by atoms with van der Waals surface area (Å²) in [6.45, 7) is 5.54. The summed E-state index contributed by atoms with van der Waals surface area (Å²) >= 11 is 3.65. The van der Waals surface area contributed by atoms with Crippen LogP contribution in [0.5, 0.6) is 0 Å². The molecule has 1 fully saturated rings. The standard InChI is InChI=1S/C16H26BrN3/c1-12(18)15-5-4-14(10-16(15)17)20-8-6-13(7-9-20)11-19(2)3/h4-5,10,12-13H,6-9,11,18H2,1-3H3. The molecular weight excluding hydrogens is 314 g/mol. The van der Waals surface area contributed by atoms with Gasteiger partial charge in [0, 0.05) is 35.8 Å². The molecule has 1 heterocycles. The summed E-state index contributed by atoms with van der Waals surface area (Å²) in [7, 11) is 4.33. The first-order chi connectivity index (χ1) is 9.47. The number of hydrogen-bond acceptors (Lipinski definition) is 3. The molecule has 0 spiro atoms. The maximum absolute atomic E-state index is 5.96. The minimum atomic E-state index is 0.0734. The Morgan fingerprint density at radius 3 is 2.50 bits per heavy atom. The largest absolute Gasteiger partial charge is 0.371 e. The molecule has 0 amide bonds. The normalized spacial score (nSPS) is 18.6. The van der Waals surface area contributed by atoms with Gasteiger partial charge in [0.15, 0.2) is 0 Å². The number of halogens is 1. The molecular formula is C16H26BrN3. The Morgan fingerprint density at radius 1 is 1.35 bits per heavy atom. The van der Waals surface area contributed by atoms with Crippen molar-refractivity contribution in [3.8, 4) is 0 Å². The van der Waals surface area contributed by atoms with E-state index in [1.165, 1.54) is 30.6 Å². The fourth-order valence-electron chi connectivity index (χ4n) is 2.97. The Hall–Kier alpha value is -0.580. The molecule has 1 aromatic carbocycles. The molecule has 1 aliphatic heterocycles. The average molecular weight is 340 g/mol. The molecule has 1 atom stereocenters. The van der Waals surface area contributed by atoms with Gasteiger partial charge in [-0.1, -0.05) is 22.0 Å². The summed E-state index contributed by atoms with van der Waals surface area (Å²) in [5.74, 6) is 0.841. The molecule has 0 radical (unpaired) electrons. The van der Waals surface area contributed by atoms with Crippen LogP contribution in [0.1, 0.15) is 31.4 Å². The molecule has 4 heteroatoms. The zero-order valence-electron chi connectivity index (χ0n) is 12.8. The van der Waals surface area contributed by atoms with Crippen LogP contribution >= 0.6 is 15.9 Å². The van der Waals surface area contributed by atoms with Crippen molar-refractivity contribution in [2.75, 3.05) is 38.6 Å².